The summed E-state index contributed by atoms with van der Waals surface area (Å²) in [5, 5.41) is 14.7. The first-order chi connectivity index (χ1) is 8.65. The molecule has 2 N–H and O–H groups in total. The zero-order valence-electron chi connectivity index (χ0n) is 9.72. The monoisotopic (exact) mass is 278 g/mol. The van der Waals surface area contributed by atoms with E-state index in [0.717, 1.165) is 5.56 Å². The van der Waals surface area contributed by atoms with Crippen LogP contribution in [0.25, 0.3) is 0 Å². The van der Waals surface area contributed by atoms with Gasteiger partial charge in [-0.2, -0.15) is 10.4 Å². The number of nitrogens with zero attached hydrogens (tertiary/aromatic N) is 3. The van der Waals surface area contributed by atoms with E-state index in [1.54, 1.807) is 4.68 Å². The molecule has 0 saturated carbocycles. The molecule has 0 unspecified atom stereocenters. The van der Waals surface area contributed by atoms with Gasteiger partial charge in [0.1, 0.15) is 22.5 Å². The highest BCUT2D eigenvalue weighted by Crippen LogP contribution is 2.24. The highest BCUT2D eigenvalue weighted by atomic mass is 35.5. The molecular weight excluding hydrogens is 268 g/mol. The number of halogens is 1. The molecule has 1 aromatic carbocycles. The predicted octanol–water partition coefficient (Wildman–Crippen LogP) is 2.76. The Kier molecular flexibility index (Phi) is 3.80. The van der Waals surface area contributed by atoms with Crippen molar-refractivity contribution < 1.29 is 0 Å². The SMILES string of the molecule is CSc1nn(Cc2cccc(Cl)c2)c(N)c1C#N. The standard InChI is InChI=1S/C12H11ClN4S/c1-18-12-10(6-14)11(15)17(16-12)7-8-3-2-4-9(13)5-8/h2-5H,7,15H2,1H3. The molecule has 2 rings (SSSR count). The van der Waals surface area contributed by atoms with Gasteiger partial charge in [-0.1, -0.05) is 23.7 Å². The van der Waals surface area contributed by atoms with Crippen molar-refractivity contribution in [3.05, 3.63) is 40.4 Å². The Morgan fingerprint density at radius 3 is 2.89 bits per heavy atom. The number of aromatic nitrogens is 2. The molecule has 18 heavy (non-hydrogen) atoms. The number of nitrogens with two attached hydrogens (primary N) is 1. The molecule has 0 aliphatic rings. The topological polar surface area (TPSA) is 67.6 Å². The summed E-state index contributed by atoms with van der Waals surface area (Å²) >= 11 is 7.33. The summed E-state index contributed by atoms with van der Waals surface area (Å²) in [6, 6.07) is 9.56. The quantitative estimate of drug-likeness (QED) is 0.877. The lowest BCUT2D eigenvalue weighted by Gasteiger charge is -2.04. The summed E-state index contributed by atoms with van der Waals surface area (Å²) in [6.07, 6.45) is 1.87. The third-order valence-corrected chi connectivity index (χ3v) is 3.39. The van der Waals surface area contributed by atoms with Crippen molar-refractivity contribution in [1.29, 1.82) is 5.26 Å². The number of thioether (sulfide) groups is 1. The Balaban J connectivity index is 2.36. The predicted molar refractivity (Wildman–Crippen MR) is 73.7 cm³/mol. The number of nitrogen functional groups attached to an aromatic ring is 1. The van der Waals surface area contributed by atoms with Crippen LogP contribution in [0.3, 0.4) is 0 Å². The molecule has 0 aliphatic carbocycles. The molecule has 4 nitrogen and oxygen atoms in total. The Hall–Kier alpha value is -1.64. The second kappa shape index (κ2) is 5.34. The highest BCUT2D eigenvalue weighted by molar-refractivity contribution is 7.98. The molecular formula is C12H11ClN4S. The van der Waals surface area contributed by atoms with E-state index in [9.17, 15) is 0 Å². The Bertz CT molecular complexity index is 615. The summed E-state index contributed by atoms with van der Waals surface area (Å²) in [5.41, 5.74) is 7.34. The van der Waals surface area contributed by atoms with Crippen molar-refractivity contribution in [2.45, 2.75) is 11.6 Å². The van der Waals surface area contributed by atoms with Crippen LogP contribution in [-0.4, -0.2) is 16.0 Å². The number of rotatable bonds is 3. The van der Waals surface area contributed by atoms with Crippen LogP contribution in [0.15, 0.2) is 29.3 Å². The van der Waals surface area contributed by atoms with E-state index in [-0.39, 0.29) is 0 Å². The minimum absolute atomic E-state index is 0.391. The maximum atomic E-state index is 9.04. The maximum Gasteiger partial charge on any atom is 0.141 e. The molecule has 0 radical (unpaired) electrons. The second-order valence-corrected chi connectivity index (χ2v) is 4.90. The summed E-state index contributed by atoms with van der Waals surface area (Å²) in [4.78, 5) is 0. The number of benzene rings is 1. The lowest BCUT2D eigenvalue weighted by Crippen LogP contribution is -2.06. The zero-order chi connectivity index (χ0) is 13.1. The number of anilines is 1. The van der Waals surface area contributed by atoms with Crippen LogP contribution in [0.1, 0.15) is 11.1 Å². The van der Waals surface area contributed by atoms with Gasteiger partial charge in [-0.05, 0) is 24.0 Å². The van der Waals surface area contributed by atoms with Crippen molar-refractivity contribution in [3.8, 4) is 6.07 Å². The van der Waals surface area contributed by atoms with Gasteiger partial charge in [0.15, 0.2) is 0 Å². The number of hydrogen-bond acceptors (Lipinski definition) is 4. The average molecular weight is 279 g/mol. The van der Waals surface area contributed by atoms with E-state index in [1.165, 1.54) is 11.8 Å². The van der Waals surface area contributed by atoms with Gasteiger partial charge >= 0.3 is 0 Å². The molecule has 2 aromatic rings. The molecule has 0 fully saturated rings. The molecule has 1 heterocycles. The van der Waals surface area contributed by atoms with Gasteiger partial charge in [-0.3, -0.25) is 0 Å². The lowest BCUT2D eigenvalue weighted by atomic mass is 10.2. The van der Waals surface area contributed by atoms with Crippen LogP contribution in [0, 0.1) is 11.3 Å². The van der Waals surface area contributed by atoms with Crippen LogP contribution in [0.4, 0.5) is 5.82 Å². The van der Waals surface area contributed by atoms with Crippen LogP contribution in [0.5, 0.6) is 0 Å². The first-order valence-corrected chi connectivity index (χ1v) is 6.80. The van der Waals surface area contributed by atoms with E-state index in [0.29, 0.717) is 28.0 Å². The largest absolute Gasteiger partial charge is 0.383 e. The van der Waals surface area contributed by atoms with Gasteiger partial charge in [-0.15, -0.1) is 11.8 Å². The number of hydrogen-bond donors (Lipinski definition) is 1. The minimum Gasteiger partial charge on any atom is -0.383 e. The van der Waals surface area contributed by atoms with E-state index in [1.807, 2.05) is 30.5 Å². The Morgan fingerprint density at radius 1 is 1.56 bits per heavy atom. The normalized spacial score (nSPS) is 10.3. The summed E-state index contributed by atoms with van der Waals surface area (Å²) < 4.78 is 1.62. The van der Waals surface area contributed by atoms with E-state index >= 15 is 0 Å². The molecule has 92 valence electrons. The second-order valence-electron chi connectivity index (χ2n) is 3.67. The fraction of sp³-hybridized carbons (Fsp3) is 0.167. The molecule has 0 bridgehead atoms. The number of nitriles is 1. The minimum atomic E-state index is 0.391. The summed E-state index contributed by atoms with van der Waals surface area (Å²) in [5.74, 6) is 0.391. The van der Waals surface area contributed by atoms with Gasteiger partial charge in [0, 0.05) is 5.02 Å². The molecule has 1 aromatic heterocycles. The maximum absolute atomic E-state index is 9.04. The van der Waals surface area contributed by atoms with Crippen molar-refractivity contribution in [2.24, 2.45) is 0 Å². The van der Waals surface area contributed by atoms with E-state index < -0.39 is 0 Å². The van der Waals surface area contributed by atoms with Crippen LogP contribution >= 0.6 is 23.4 Å². The van der Waals surface area contributed by atoms with E-state index in [2.05, 4.69) is 11.2 Å². The highest BCUT2D eigenvalue weighted by Gasteiger charge is 2.14. The fourth-order valence-electron chi connectivity index (χ4n) is 1.63. The zero-order valence-corrected chi connectivity index (χ0v) is 11.3. The third kappa shape index (κ3) is 2.45. The summed E-state index contributed by atoms with van der Waals surface area (Å²) in [7, 11) is 0. The van der Waals surface area contributed by atoms with Crippen LogP contribution < -0.4 is 5.73 Å². The van der Waals surface area contributed by atoms with Gasteiger partial charge < -0.3 is 5.73 Å². The fourth-order valence-corrected chi connectivity index (χ4v) is 2.38. The van der Waals surface area contributed by atoms with Gasteiger partial charge in [0.05, 0.1) is 6.54 Å². The lowest BCUT2D eigenvalue weighted by molar-refractivity contribution is 0.675. The van der Waals surface area contributed by atoms with Crippen molar-refractivity contribution in [1.82, 2.24) is 9.78 Å². The summed E-state index contributed by atoms with van der Waals surface area (Å²) in [6.45, 7) is 0.502. The van der Waals surface area contributed by atoms with Gasteiger partial charge in [-0.25, -0.2) is 4.68 Å². The van der Waals surface area contributed by atoms with E-state index in [4.69, 9.17) is 22.6 Å². The Labute approximate surface area is 114 Å². The van der Waals surface area contributed by atoms with Crippen molar-refractivity contribution >= 4 is 29.2 Å². The van der Waals surface area contributed by atoms with Gasteiger partial charge in [0.2, 0.25) is 0 Å². The first-order valence-electron chi connectivity index (χ1n) is 5.20. The first kappa shape index (κ1) is 12.8. The van der Waals surface area contributed by atoms with Crippen molar-refractivity contribution in [3.63, 3.8) is 0 Å². The molecule has 6 heteroatoms. The molecule has 0 atom stereocenters. The Morgan fingerprint density at radius 2 is 2.33 bits per heavy atom. The molecule has 0 saturated heterocycles. The molecule has 0 spiro atoms. The van der Waals surface area contributed by atoms with Crippen LogP contribution in [-0.2, 0) is 6.54 Å². The smallest absolute Gasteiger partial charge is 0.141 e. The average Bonchev–Trinajstić information content (AvgIpc) is 2.66. The third-order valence-electron chi connectivity index (χ3n) is 2.49. The molecule has 0 amide bonds. The van der Waals surface area contributed by atoms with Gasteiger partial charge in [0.25, 0.3) is 0 Å². The molecule has 0 aliphatic heterocycles. The van der Waals surface area contributed by atoms with Crippen LogP contribution in [0.2, 0.25) is 5.02 Å². The van der Waals surface area contributed by atoms with Crippen molar-refractivity contribution in [2.75, 3.05) is 12.0 Å².